The zero-order chi connectivity index (χ0) is 15.4. The topological polar surface area (TPSA) is 75.4 Å². The number of unbranched alkanes of at least 4 members (excludes halogenated alkanes) is 1. The molecule has 1 aromatic heterocycles. The molecule has 0 bridgehead atoms. The molecule has 21 heavy (non-hydrogen) atoms. The van der Waals surface area contributed by atoms with Crippen LogP contribution in [-0.4, -0.2) is 34.2 Å². The molecule has 0 saturated heterocycles. The number of anilines is 1. The molecular weight excluding hydrogens is 270 g/mol. The lowest BCUT2D eigenvalue weighted by Gasteiger charge is -2.21. The van der Waals surface area contributed by atoms with E-state index in [-0.39, 0.29) is 12.1 Å². The number of nitrogens with zero attached hydrogens (tertiary/aromatic N) is 3. The summed E-state index contributed by atoms with van der Waals surface area (Å²) in [5.41, 5.74) is 0.267. The molecule has 1 heterocycles. The van der Waals surface area contributed by atoms with Gasteiger partial charge in [-0.2, -0.15) is 0 Å². The van der Waals surface area contributed by atoms with E-state index < -0.39 is 5.97 Å². The summed E-state index contributed by atoms with van der Waals surface area (Å²) in [6.07, 6.45) is 1.97. The van der Waals surface area contributed by atoms with Crippen LogP contribution < -0.4 is 10.5 Å². The number of benzene rings is 1. The van der Waals surface area contributed by atoms with E-state index in [0.29, 0.717) is 16.9 Å². The van der Waals surface area contributed by atoms with Crippen molar-refractivity contribution in [3.05, 3.63) is 34.6 Å². The highest BCUT2D eigenvalue weighted by Gasteiger charge is 2.16. The Balaban J connectivity index is 2.60. The first-order chi connectivity index (χ1) is 10.0. The zero-order valence-corrected chi connectivity index (χ0v) is 12.2. The number of aromatic nitrogens is 2. The van der Waals surface area contributed by atoms with Gasteiger partial charge < -0.3 is 10.0 Å². The Morgan fingerprint density at radius 2 is 2.10 bits per heavy atom. The third-order valence-corrected chi connectivity index (χ3v) is 3.32. The van der Waals surface area contributed by atoms with Gasteiger partial charge in [-0.3, -0.25) is 14.2 Å². The van der Waals surface area contributed by atoms with Crippen LogP contribution in [0, 0.1) is 0 Å². The summed E-state index contributed by atoms with van der Waals surface area (Å²) in [4.78, 5) is 29.8. The van der Waals surface area contributed by atoms with E-state index in [9.17, 15) is 9.59 Å². The fraction of sp³-hybridized carbons (Fsp3) is 0.400. The molecule has 112 valence electrons. The summed E-state index contributed by atoms with van der Waals surface area (Å²) in [5.74, 6) is -0.658. The molecule has 0 fully saturated rings. The van der Waals surface area contributed by atoms with Gasteiger partial charge in [0.15, 0.2) is 0 Å². The minimum absolute atomic E-state index is 0.318. The third-order valence-electron chi connectivity index (χ3n) is 3.32. The predicted molar refractivity (Wildman–Crippen MR) is 81.8 cm³/mol. The van der Waals surface area contributed by atoms with E-state index in [2.05, 4.69) is 11.9 Å². The summed E-state index contributed by atoms with van der Waals surface area (Å²) < 4.78 is 1.22. The number of rotatable bonds is 6. The van der Waals surface area contributed by atoms with E-state index in [4.69, 9.17) is 5.11 Å². The molecule has 0 amide bonds. The van der Waals surface area contributed by atoms with Crippen molar-refractivity contribution in [3.63, 3.8) is 0 Å². The lowest BCUT2D eigenvalue weighted by molar-refractivity contribution is -0.137. The van der Waals surface area contributed by atoms with Crippen molar-refractivity contribution in [3.8, 4) is 0 Å². The van der Waals surface area contributed by atoms with Crippen molar-refractivity contribution in [2.75, 3.05) is 18.5 Å². The van der Waals surface area contributed by atoms with Gasteiger partial charge in [-0.15, -0.1) is 0 Å². The van der Waals surface area contributed by atoms with Crippen molar-refractivity contribution < 1.29 is 9.90 Å². The lowest BCUT2D eigenvalue weighted by atomic mass is 10.2. The fourth-order valence-electron chi connectivity index (χ4n) is 2.22. The van der Waals surface area contributed by atoms with E-state index in [1.54, 1.807) is 18.2 Å². The molecule has 0 unspecified atom stereocenters. The largest absolute Gasteiger partial charge is 0.480 e. The Kier molecular flexibility index (Phi) is 4.57. The molecule has 6 heteroatoms. The second-order valence-electron chi connectivity index (χ2n) is 4.99. The smallest absolute Gasteiger partial charge is 0.323 e. The van der Waals surface area contributed by atoms with Crippen LogP contribution in [0.3, 0.4) is 0 Å². The van der Waals surface area contributed by atoms with Crippen LogP contribution in [0.15, 0.2) is 29.1 Å². The SMILES string of the molecule is CCCCN(C)c1nc2ccccc2c(=O)n1CC(=O)O. The highest BCUT2D eigenvalue weighted by molar-refractivity contribution is 5.79. The van der Waals surface area contributed by atoms with Gasteiger partial charge in [-0.25, -0.2) is 4.98 Å². The highest BCUT2D eigenvalue weighted by atomic mass is 16.4. The normalized spacial score (nSPS) is 10.8. The maximum atomic E-state index is 12.5. The predicted octanol–water partition coefficient (Wildman–Crippen LogP) is 1.72. The number of carboxylic acids is 1. The first-order valence-corrected chi connectivity index (χ1v) is 6.97. The Hall–Kier alpha value is -2.37. The van der Waals surface area contributed by atoms with Gasteiger partial charge in [-0.1, -0.05) is 25.5 Å². The van der Waals surface area contributed by atoms with Gasteiger partial charge in [0, 0.05) is 13.6 Å². The summed E-state index contributed by atoms with van der Waals surface area (Å²) >= 11 is 0. The molecule has 6 nitrogen and oxygen atoms in total. The molecule has 0 aliphatic heterocycles. The molecule has 0 aliphatic rings. The van der Waals surface area contributed by atoms with Gasteiger partial charge in [-0.05, 0) is 18.6 Å². The first kappa shape index (κ1) is 15.0. The highest BCUT2D eigenvalue weighted by Crippen LogP contribution is 2.14. The number of aliphatic carboxylic acids is 1. The Bertz CT molecular complexity index is 709. The van der Waals surface area contributed by atoms with Crippen molar-refractivity contribution in [1.29, 1.82) is 0 Å². The van der Waals surface area contributed by atoms with E-state index in [1.165, 1.54) is 4.57 Å². The fourth-order valence-corrected chi connectivity index (χ4v) is 2.22. The second kappa shape index (κ2) is 6.39. The molecule has 2 rings (SSSR count). The molecule has 0 aliphatic carbocycles. The Morgan fingerprint density at radius 1 is 1.38 bits per heavy atom. The minimum atomic E-state index is -1.06. The van der Waals surface area contributed by atoms with Crippen molar-refractivity contribution in [2.24, 2.45) is 0 Å². The number of para-hydroxylation sites is 1. The Labute approximate surface area is 122 Å². The van der Waals surface area contributed by atoms with Crippen molar-refractivity contribution >= 4 is 22.8 Å². The molecule has 1 aromatic carbocycles. The minimum Gasteiger partial charge on any atom is -0.480 e. The Morgan fingerprint density at radius 3 is 2.76 bits per heavy atom. The van der Waals surface area contributed by atoms with Gasteiger partial charge in [0.05, 0.1) is 10.9 Å². The van der Waals surface area contributed by atoms with Crippen LogP contribution in [0.4, 0.5) is 5.95 Å². The molecular formula is C15H19N3O3. The summed E-state index contributed by atoms with van der Waals surface area (Å²) in [5, 5.41) is 9.48. The quantitative estimate of drug-likeness (QED) is 0.876. The number of carboxylic acid groups (broad SMARTS) is 1. The van der Waals surface area contributed by atoms with E-state index in [1.807, 2.05) is 18.0 Å². The van der Waals surface area contributed by atoms with Crippen LogP contribution in [0.5, 0.6) is 0 Å². The molecule has 0 spiro atoms. The maximum absolute atomic E-state index is 12.5. The van der Waals surface area contributed by atoms with Crippen LogP contribution in [0.25, 0.3) is 10.9 Å². The third kappa shape index (κ3) is 3.21. The standard InChI is InChI=1S/C15H19N3O3/c1-3-4-9-17(2)15-16-12-8-6-5-7-11(12)14(21)18(15)10-13(19)20/h5-8H,3-4,9-10H2,1-2H3,(H,19,20). The number of fused-ring (bicyclic) bond motifs is 1. The second-order valence-corrected chi connectivity index (χ2v) is 4.99. The molecule has 1 N–H and O–H groups in total. The zero-order valence-electron chi connectivity index (χ0n) is 12.2. The number of carbonyl (C=O) groups is 1. The molecule has 0 atom stereocenters. The van der Waals surface area contributed by atoms with Gasteiger partial charge in [0.2, 0.25) is 5.95 Å². The average Bonchev–Trinajstić information content (AvgIpc) is 2.47. The van der Waals surface area contributed by atoms with E-state index in [0.717, 1.165) is 19.4 Å². The number of hydrogen-bond donors (Lipinski definition) is 1. The van der Waals surface area contributed by atoms with Gasteiger partial charge in [0.25, 0.3) is 5.56 Å². The van der Waals surface area contributed by atoms with Gasteiger partial charge >= 0.3 is 5.97 Å². The van der Waals surface area contributed by atoms with Crippen molar-refractivity contribution in [2.45, 2.75) is 26.3 Å². The monoisotopic (exact) mass is 289 g/mol. The van der Waals surface area contributed by atoms with E-state index >= 15 is 0 Å². The lowest BCUT2D eigenvalue weighted by Crippen LogP contribution is -2.33. The average molecular weight is 289 g/mol. The van der Waals surface area contributed by atoms with Crippen molar-refractivity contribution in [1.82, 2.24) is 9.55 Å². The van der Waals surface area contributed by atoms with Gasteiger partial charge in [0.1, 0.15) is 6.54 Å². The van der Waals surface area contributed by atoms with Crippen LogP contribution in [0.2, 0.25) is 0 Å². The maximum Gasteiger partial charge on any atom is 0.323 e. The molecule has 0 saturated carbocycles. The molecule has 0 radical (unpaired) electrons. The van der Waals surface area contributed by atoms with Crippen LogP contribution in [-0.2, 0) is 11.3 Å². The first-order valence-electron chi connectivity index (χ1n) is 6.97. The van der Waals surface area contributed by atoms with Crippen LogP contribution in [0.1, 0.15) is 19.8 Å². The summed E-state index contributed by atoms with van der Waals surface area (Å²) in [6, 6.07) is 6.99. The number of hydrogen-bond acceptors (Lipinski definition) is 4. The molecule has 2 aromatic rings. The summed E-state index contributed by atoms with van der Waals surface area (Å²) in [7, 11) is 1.82. The summed E-state index contributed by atoms with van der Waals surface area (Å²) in [6.45, 7) is 2.41. The van der Waals surface area contributed by atoms with Crippen LogP contribution >= 0.6 is 0 Å².